The number of ether oxygens (including phenoxy) is 8. The zero-order valence-electron chi connectivity index (χ0n) is 80.6. The lowest BCUT2D eigenvalue weighted by molar-refractivity contribution is -0.235. The maximum atomic E-state index is 17.5. The van der Waals surface area contributed by atoms with Gasteiger partial charge in [-0.05, 0) is 223 Å². The first-order chi connectivity index (χ1) is 67.5. The van der Waals surface area contributed by atoms with Gasteiger partial charge in [-0.15, -0.1) is 0 Å². The van der Waals surface area contributed by atoms with Crippen LogP contribution in [0.3, 0.4) is 0 Å². The average molecular weight is 1980 g/mol. The third kappa shape index (κ3) is 16.6. The summed E-state index contributed by atoms with van der Waals surface area (Å²) in [4.78, 5) is 98.2. The predicted molar refractivity (Wildman–Crippen MR) is 508 cm³/mol. The van der Waals surface area contributed by atoms with Crippen LogP contribution >= 0.6 is 0 Å². The first kappa shape index (κ1) is 103. The van der Waals surface area contributed by atoms with Gasteiger partial charge in [-0.2, -0.15) is 0 Å². The van der Waals surface area contributed by atoms with E-state index in [9.17, 15) is 79.2 Å². The van der Waals surface area contributed by atoms with E-state index in [0.717, 1.165) is 47.3 Å². The van der Waals surface area contributed by atoms with Gasteiger partial charge in [0.1, 0.15) is 87.3 Å². The van der Waals surface area contributed by atoms with Crippen LogP contribution < -0.4 is 31.0 Å². The minimum Gasteiger partial charge on any atom is -0.489 e. The molecular weight excluding hydrogens is 1860 g/mol. The number of Topliss-reactive ketones (excluding diaryl/α,β-unsaturated/α-hetero) is 3. The summed E-state index contributed by atoms with van der Waals surface area (Å²) < 4.78 is 147. The maximum Gasteiger partial charge on any atom is 0.412 e. The maximum absolute atomic E-state index is 17.5. The van der Waals surface area contributed by atoms with E-state index >= 15 is 26.3 Å². The van der Waals surface area contributed by atoms with E-state index in [4.69, 9.17) is 49.4 Å². The van der Waals surface area contributed by atoms with Gasteiger partial charge < -0.3 is 90.2 Å². The molecular formula is C110H121F6N3O24. The fourth-order valence-corrected chi connectivity index (χ4v) is 27.3. The molecule has 1 amide bonds. The smallest absolute Gasteiger partial charge is 0.412 e. The van der Waals surface area contributed by atoms with E-state index in [0.29, 0.717) is 70.8 Å². The zero-order valence-corrected chi connectivity index (χ0v) is 80.6. The van der Waals surface area contributed by atoms with E-state index in [1.807, 2.05) is 93.6 Å². The van der Waals surface area contributed by atoms with Gasteiger partial charge in [-0.1, -0.05) is 130 Å². The van der Waals surface area contributed by atoms with E-state index in [-0.39, 0.29) is 74.5 Å². The number of rotatable bonds is 19. The Kier molecular flexibility index (Phi) is 27.2. The third-order valence-electron chi connectivity index (χ3n) is 34.3. The number of aliphatic hydroxyl groups excluding tert-OH is 7. The Hall–Kier alpha value is -11.2. The van der Waals surface area contributed by atoms with E-state index in [1.54, 1.807) is 86.6 Å². The highest BCUT2D eigenvalue weighted by atomic mass is 19.2. The van der Waals surface area contributed by atoms with Crippen LogP contribution in [0.1, 0.15) is 171 Å². The molecule has 29 atom stereocenters. The second-order valence-electron chi connectivity index (χ2n) is 42.9. The summed E-state index contributed by atoms with van der Waals surface area (Å²) in [6.07, 6.45) is -4.95. The standard InChI is InChI=1S/2C35H37F2NO7.C21H26F2O6.C19H21NO4/c2*1-32-11-10-22(40)13-26(32)27(36)14-25-24-15-30-35(29(42)17-39,33(24,2)16-28(41)34(25,32)37)45-31(44-30)20-8-6-19(7-9-20)18-43-23-5-3-4-21(38)12-23;1-18-4-3-10(25)5-13(18)14(22)6-12-11-7-15(26)21(29,17(28)9-24)19(11,2)8-16(27)20(12,18)23;1-19(2,3)24-18(22)20-16-5-4-6-17(11-16)23-13-15-9-7-14(12-21)8-10-15/h2*3-13,24-25,27-28,30-31,39,41H,14-18,38H2,1-2H3;3-5,11-12,14-16,24,26-27,29H,6-9H2,1-2H3;4-12H,13H2,1-3H3,(H,20,22)/t24-,25-,27-,28-,30+,31+,32-,33-,34-,35+;24-,25-,27-,28-,30+,31-,32-,33-,34-,35+;11-,12-,14-,15+,16-,18-,19-,20-,21-;/m000./s1. The van der Waals surface area contributed by atoms with E-state index in [1.165, 1.54) is 58.1 Å². The number of anilines is 3. The summed E-state index contributed by atoms with van der Waals surface area (Å²) in [6.45, 7) is 13.2. The minimum absolute atomic E-state index is 0.0216. The average Bonchev–Trinajstić information content (AvgIpc) is 1.49. The highest BCUT2D eigenvalue weighted by Gasteiger charge is 2.84. The van der Waals surface area contributed by atoms with Crippen molar-refractivity contribution >= 4 is 64.1 Å². The van der Waals surface area contributed by atoms with E-state index < -0.39 is 236 Å². The van der Waals surface area contributed by atoms with Crippen molar-refractivity contribution in [3.8, 4) is 17.2 Å². The molecule has 27 nitrogen and oxygen atoms in total. The number of benzene rings is 6. The number of nitrogens with two attached hydrogens (primary N) is 2. The minimum atomic E-state index is -2.37. The molecule has 33 heteroatoms. The van der Waals surface area contributed by atoms with Crippen LogP contribution in [0.2, 0.25) is 0 Å². The van der Waals surface area contributed by atoms with Crippen molar-refractivity contribution in [2.45, 2.75) is 247 Å². The molecule has 0 aromatic heterocycles. The molecule has 9 saturated carbocycles. The number of hydrogen-bond donors (Lipinski definition) is 11. The second-order valence-corrected chi connectivity index (χ2v) is 42.9. The zero-order chi connectivity index (χ0) is 103. The third-order valence-corrected chi connectivity index (χ3v) is 34.3. The number of fused-ring (bicyclic) bond motifs is 19. The molecule has 0 spiro atoms. The Bertz CT molecular complexity index is 5960. The molecule has 14 aliphatic rings. The van der Waals surface area contributed by atoms with Crippen molar-refractivity contribution in [3.05, 3.63) is 250 Å². The van der Waals surface area contributed by atoms with Gasteiger partial charge in [0, 0.05) is 102 Å². The fraction of sp³-hybridized carbons (Fsp3) is 0.491. The molecule has 11 fully saturated rings. The molecule has 20 rings (SSSR count). The number of carbonyl (C=O) groups excluding carboxylic acids is 8. The molecule has 6 aromatic rings. The van der Waals surface area contributed by atoms with Gasteiger partial charge in [-0.3, -0.25) is 38.9 Å². The number of aliphatic hydroxyl groups is 8. The summed E-state index contributed by atoms with van der Waals surface area (Å²) in [5.74, 6) is -6.75. The molecule has 762 valence electrons. The first-order valence-corrected chi connectivity index (χ1v) is 48.3. The van der Waals surface area contributed by atoms with Crippen molar-refractivity contribution in [2.75, 3.05) is 36.6 Å². The molecule has 143 heavy (non-hydrogen) atoms. The Labute approximate surface area is 822 Å². The Balaban J connectivity index is 0.000000135. The molecule has 6 aromatic carbocycles. The number of halogens is 6. The Morgan fingerprint density at radius 2 is 0.797 bits per heavy atom. The number of allylic oxidation sites excluding steroid dienone is 12. The van der Waals surface area contributed by atoms with Crippen LogP contribution in [0.25, 0.3) is 0 Å². The summed E-state index contributed by atoms with van der Waals surface area (Å²) in [6, 6.07) is 43.1. The summed E-state index contributed by atoms with van der Waals surface area (Å²) >= 11 is 0. The molecule has 2 aliphatic heterocycles. The number of nitrogen functional groups attached to an aromatic ring is 2. The van der Waals surface area contributed by atoms with Crippen LogP contribution in [0.15, 0.2) is 217 Å². The highest BCUT2D eigenvalue weighted by molar-refractivity contribution is 6.03. The normalized spacial score (nSPS) is 38.8. The van der Waals surface area contributed by atoms with Crippen molar-refractivity contribution in [2.24, 2.45) is 68.0 Å². The number of ketones is 6. The fourth-order valence-electron chi connectivity index (χ4n) is 27.3. The lowest BCUT2D eigenvalue weighted by Crippen LogP contribution is -2.70. The number of aldehydes is 1. The van der Waals surface area contributed by atoms with Crippen LogP contribution in [-0.2, 0) is 72.3 Å². The Morgan fingerprint density at radius 1 is 0.455 bits per heavy atom. The summed E-state index contributed by atoms with van der Waals surface area (Å²) in [5, 5.41) is 88.3. The number of hydrogen-bond acceptors (Lipinski definition) is 26. The van der Waals surface area contributed by atoms with Crippen LogP contribution in [0, 0.1) is 68.0 Å². The van der Waals surface area contributed by atoms with Crippen molar-refractivity contribution < 1.29 is 143 Å². The monoisotopic (exact) mass is 1980 g/mol. The largest absolute Gasteiger partial charge is 0.489 e. The Morgan fingerprint density at radius 3 is 1.15 bits per heavy atom. The van der Waals surface area contributed by atoms with Gasteiger partial charge in [0.15, 0.2) is 81.1 Å². The topological polar surface area (TPSA) is 436 Å². The molecule has 13 N–H and O–H groups in total. The molecule has 2 heterocycles. The quantitative estimate of drug-likeness (QED) is 0.0204. The molecule has 0 bridgehead atoms. The molecule has 0 unspecified atom stereocenters. The number of carbonyl (C=O) groups is 8. The lowest BCUT2D eigenvalue weighted by atomic mass is 9.44. The van der Waals surface area contributed by atoms with Gasteiger partial charge in [0.25, 0.3) is 0 Å². The number of alkyl halides is 6. The van der Waals surface area contributed by atoms with Crippen LogP contribution in [0.4, 0.5) is 48.2 Å². The summed E-state index contributed by atoms with van der Waals surface area (Å²) in [7, 11) is 0. The number of nitrogens with one attached hydrogen (secondary N) is 1. The van der Waals surface area contributed by atoms with E-state index in [2.05, 4.69) is 5.32 Å². The molecule has 12 aliphatic carbocycles. The van der Waals surface area contributed by atoms with Gasteiger partial charge >= 0.3 is 6.09 Å². The second kappa shape index (κ2) is 37.7. The van der Waals surface area contributed by atoms with Crippen molar-refractivity contribution in [1.82, 2.24) is 0 Å². The number of amides is 1. The SMILES string of the molecule is CC(C)(C)OC(=O)Nc1cccc(OCc2ccc(C=O)cc2)c1.C[C@]12C=CC(=O)C=C1[C@@H](F)C[C@H]1[C@@H]3C[C@@H](O)[C@](O)(C(=O)CO)[C@@]3(C)C[C@H](O)[C@@]12F.C[C@]12C=CC(=O)C=C1[C@@H](F)C[C@H]1[C@@H]3C[C@H]4O[C@@H](c5ccc(COc6cccc(N)c6)cc5)O[C@@]4(C(=O)CO)[C@@]3(C)C[C@H](O)[C@@]12F.C[C@]12C=CC(=O)C=C1[C@@H](F)C[C@H]1[C@@H]3C[C@H]4O[C@H](c5ccc(COc6cccc(N)c6)cc5)O[C@@]4(C(=O)CO)[C@@]3(C)C[C@H](O)[C@@]12F. The van der Waals surface area contributed by atoms with Gasteiger partial charge in [0.05, 0.1) is 36.6 Å². The van der Waals surface area contributed by atoms with Crippen molar-refractivity contribution in [3.63, 3.8) is 0 Å². The van der Waals surface area contributed by atoms with Gasteiger partial charge in [0.2, 0.25) is 0 Å². The first-order valence-electron chi connectivity index (χ1n) is 48.3. The molecule has 2 saturated heterocycles. The van der Waals surface area contributed by atoms with Crippen LogP contribution in [0.5, 0.6) is 17.2 Å². The molecule has 0 radical (unpaired) electrons. The van der Waals surface area contributed by atoms with Gasteiger partial charge in [-0.25, -0.2) is 31.1 Å². The highest BCUT2D eigenvalue weighted by Crippen LogP contribution is 2.77. The lowest BCUT2D eigenvalue weighted by Gasteiger charge is -2.63. The summed E-state index contributed by atoms with van der Waals surface area (Å²) in [5.41, 5.74) is -3.61. The predicted octanol–water partition coefficient (Wildman–Crippen LogP) is 14.0. The van der Waals surface area contributed by atoms with Crippen LogP contribution in [-0.4, -0.2) is 202 Å². The van der Waals surface area contributed by atoms with Crippen molar-refractivity contribution in [1.29, 1.82) is 0 Å².